The lowest BCUT2D eigenvalue weighted by Crippen LogP contribution is -2.39. The van der Waals surface area contributed by atoms with Crippen LogP contribution >= 0.6 is 0 Å². The van der Waals surface area contributed by atoms with Crippen molar-refractivity contribution in [3.8, 4) is 0 Å². The van der Waals surface area contributed by atoms with Crippen LogP contribution in [0, 0.1) is 5.92 Å². The highest BCUT2D eigenvalue weighted by Gasteiger charge is 2.41. The van der Waals surface area contributed by atoms with Crippen molar-refractivity contribution in [2.75, 3.05) is 4.90 Å². The summed E-state index contributed by atoms with van der Waals surface area (Å²) in [5.41, 5.74) is 11.9. The van der Waals surface area contributed by atoms with Gasteiger partial charge in [-0.25, -0.2) is 0 Å². The molecule has 6 rings (SSSR count). The lowest BCUT2D eigenvalue weighted by atomic mass is 9.83. The summed E-state index contributed by atoms with van der Waals surface area (Å²) >= 11 is 0. The van der Waals surface area contributed by atoms with Crippen LogP contribution in [0.1, 0.15) is 68.8 Å². The Morgan fingerprint density at radius 1 is 0.898 bits per heavy atom. The topological polar surface area (TPSA) is 8.17 Å². The Labute approximate surface area is 293 Å². The highest BCUT2D eigenvalue weighted by atomic mass is 15.2. The fraction of sp³-hybridized carbons (Fsp3) is 0.191. The molecule has 2 heteroatoms. The van der Waals surface area contributed by atoms with Crippen molar-refractivity contribution in [3.05, 3.63) is 198 Å². The molecule has 2 aliphatic carbocycles. The summed E-state index contributed by atoms with van der Waals surface area (Å²) in [5.74, 6) is 0.308. The smallest absolute Gasteiger partial charge is 0.0889 e. The summed E-state index contributed by atoms with van der Waals surface area (Å²) in [7, 11) is 0. The molecule has 0 radical (unpaired) electrons. The van der Waals surface area contributed by atoms with E-state index in [1.165, 1.54) is 55.8 Å². The monoisotopic (exact) mass is 640 g/mol. The molecule has 246 valence electrons. The molecule has 1 aliphatic heterocycles. The SMILES string of the molecule is C=C/C=C\C1=C(N2c3ccccc3C2c2c(/C=C\C)n(/C=C/C=C\C(=C/C)C(/C=C\C=C)CC3=CC=CCC3)c3ccccc23)CCC=C1. The Kier molecular flexibility index (Phi) is 11.1. The maximum atomic E-state index is 3.92. The first-order chi connectivity index (χ1) is 24.2. The van der Waals surface area contributed by atoms with E-state index in [0.29, 0.717) is 5.92 Å². The Bertz CT molecular complexity index is 2000. The zero-order chi connectivity index (χ0) is 34.0. The van der Waals surface area contributed by atoms with E-state index in [1.807, 2.05) is 18.2 Å². The standard InChI is InChI=1S/C47H48N2/c1-5-9-25-38-28-14-17-31-42(38)49-44-33-19-16-30-41(44)47(49)46-40-29-15-18-32-43(40)48(45(46)22-7-3)34-21-20-27-37(8-4)39(26-10-6-2)35-36-23-12-11-13-24-36/h5-12,14-16,18-23,25-30,32-34,39,47H,1-2,13,17,24,31,35H2,3-4H3/b22-7-,25-9-,26-10-,27-20-,34-21+,37-8+. The molecule has 49 heavy (non-hydrogen) atoms. The summed E-state index contributed by atoms with van der Waals surface area (Å²) in [6.45, 7) is 12.1. The third-order valence-corrected chi connectivity index (χ3v) is 9.68. The van der Waals surface area contributed by atoms with Crippen molar-refractivity contribution >= 4 is 28.9 Å². The van der Waals surface area contributed by atoms with Gasteiger partial charge in [0, 0.05) is 40.0 Å². The third-order valence-electron chi connectivity index (χ3n) is 9.68. The van der Waals surface area contributed by atoms with Crippen molar-refractivity contribution < 1.29 is 0 Å². The summed E-state index contributed by atoms with van der Waals surface area (Å²) in [6.07, 6.45) is 44.5. The van der Waals surface area contributed by atoms with Crippen LogP contribution in [0.5, 0.6) is 0 Å². The molecule has 0 N–H and O–H groups in total. The summed E-state index contributed by atoms with van der Waals surface area (Å²) in [6, 6.07) is 17.9. The van der Waals surface area contributed by atoms with Gasteiger partial charge in [-0.2, -0.15) is 0 Å². The number of fused-ring (bicyclic) bond motifs is 2. The van der Waals surface area contributed by atoms with Crippen LogP contribution in [0.3, 0.4) is 0 Å². The first-order valence-corrected chi connectivity index (χ1v) is 17.7. The largest absolute Gasteiger partial charge is 0.332 e. The van der Waals surface area contributed by atoms with Crippen LogP contribution in [-0.2, 0) is 0 Å². The van der Waals surface area contributed by atoms with Crippen LogP contribution in [0.15, 0.2) is 181 Å². The van der Waals surface area contributed by atoms with Crippen molar-refractivity contribution in [1.29, 1.82) is 0 Å². The second kappa shape index (κ2) is 16.2. The van der Waals surface area contributed by atoms with E-state index >= 15 is 0 Å². The molecule has 2 aromatic carbocycles. The highest BCUT2D eigenvalue weighted by Crippen LogP contribution is 2.53. The van der Waals surface area contributed by atoms with E-state index in [1.54, 1.807) is 0 Å². The van der Waals surface area contributed by atoms with Gasteiger partial charge in [-0.15, -0.1) is 0 Å². The number of nitrogens with zero attached hydrogens (tertiary/aromatic N) is 2. The number of benzene rings is 2. The van der Waals surface area contributed by atoms with Crippen LogP contribution in [0.25, 0.3) is 23.2 Å². The van der Waals surface area contributed by atoms with Crippen molar-refractivity contribution in [2.24, 2.45) is 5.92 Å². The van der Waals surface area contributed by atoms with Gasteiger partial charge in [0.05, 0.1) is 17.3 Å². The van der Waals surface area contributed by atoms with Crippen LogP contribution in [0.4, 0.5) is 5.69 Å². The van der Waals surface area contributed by atoms with Crippen LogP contribution < -0.4 is 4.90 Å². The van der Waals surface area contributed by atoms with Crippen LogP contribution in [0.2, 0.25) is 0 Å². The van der Waals surface area contributed by atoms with Crippen LogP contribution in [-0.4, -0.2) is 4.57 Å². The Morgan fingerprint density at radius 2 is 1.71 bits per heavy atom. The minimum absolute atomic E-state index is 0.113. The average molecular weight is 641 g/mol. The number of hydrogen-bond donors (Lipinski definition) is 0. The van der Waals surface area contributed by atoms with E-state index in [-0.39, 0.29) is 6.04 Å². The second-order valence-corrected chi connectivity index (χ2v) is 12.7. The van der Waals surface area contributed by atoms with Crippen molar-refractivity contribution in [1.82, 2.24) is 4.57 Å². The molecule has 2 atom stereocenters. The molecular formula is C47H48N2. The first kappa shape index (κ1) is 33.6. The Balaban J connectivity index is 1.40. The van der Waals surface area contributed by atoms with Gasteiger partial charge in [0.1, 0.15) is 0 Å². The number of para-hydroxylation sites is 2. The molecule has 0 saturated carbocycles. The zero-order valence-electron chi connectivity index (χ0n) is 29.0. The van der Waals surface area contributed by atoms with Gasteiger partial charge in [0.15, 0.2) is 0 Å². The minimum Gasteiger partial charge on any atom is -0.332 e. The molecule has 0 amide bonds. The number of anilines is 1. The van der Waals surface area contributed by atoms with E-state index < -0.39 is 0 Å². The predicted octanol–water partition coefficient (Wildman–Crippen LogP) is 12.9. The summed E-state index contributed by atoms with van der Waals surface area (Å²) in [5, 5.41) is 1.28. The molecule has 0 saturated heterocycles. The van der Waals surface area contributed by atoms with Gasteiger partial charge >= 0.3 is 0 Å². The van der Waals surface area contributed by atoms with E-state index in [4.69, 9.17) is 0 Å². The van der Waals surface area contributed by atoms with Gasteiger partial charge in [-0.3, -0.25) is 0 Å². The number of aromatic nitrogens is 1. The summed E-state index contributed by atoms with van der Waals surface area (Å²) < 4.78 is 2.37. The van der Waals surface area contributed by atoms with Gasteiger partial charge < -0.3 is 9.47 Å². The molecule has 2 unspecified atom stereocenters. The Morgan fingerprint density at radius 3 is 2.51 bits per heavy atom. The van der Waals surface area contributed by atoms with Gasteiger partial charge in [-0.1, -0.05) is 146 Å². The van der Waals surface area contributed by atoms with Crippen molar-refractivity contribution in [2.45, 2.75) is 52.0 Å². The maximum absolute atomic E-state index is 3.92. The van der Waals surface area contributed by atoms with E-state index in [2.05, 4.69) is 176 Å². The molecule has 0 spiro atoms. The molecule has 3 aromatic rings. The summed E-state index contributed by atoms with van der Waals surface area (Å²) in [4.78, 5) is 2.58. The fourth-order valence-corrected chi connectivity index (χ4v) is 7.43. The lowest BCUT2D eigenvalue weighted by Gasteiger charge is -2.47. The predicted molar refractivity (Wildman–Crippen MR) is 214 cm³/mol. The molecule has 2 heterocycles. The molecule has 0 fully saturated rings. The van der Waals surface area contributed by atoms with Gasteiger partial charge in [0.25, 0.3) is 0 Å². The fourth-order valence-electron chi connectivity index (χ4n) is 7.43. The van der Waals surface area contributed by atoms with Gasteiger partial charge in [0.2, 0.25) is 0 Å². The number of allylic oxidation sites excluding steroid dienone is 20. The number of rotatable bonds is 13. The Hall–Kier alpha value is -5.34. The first-order valence-electron chi connectivity index (χ1n) is 17.7. The molecule has 1 aromatic heterocycles. The normalized spacial score (nSPS) is 18.8. The van der Waals surface area contributed by atoms with E-state index in [9.17, 15) is 0 Å². The lowest BCUT2D eigenvalue weighted by molar-refractivity contribution is 0.679. The third kappa shape index (κ3) is 7.10. The molecule has 2 nitrogen and oxygen atoms in total. The van der Waals surface area contributed by atoms with Gasteiger partial charge in [-0.05, 0) is 81.4 Å². The second-order valence-electron chi connectivity index (χ2n) is 12.7. The quantitative estimate of drug-likeness (QED) is 0.169. The molecular weight excluding hydrogens is 593 g/mol. The zero-order valence-corrected chi connectivity index (χ0v) is 29.0. The van der Waals surface area contributed by atoms with E-state index in [0.717, 1.165) is 32.1 Å². The molecule has 0 bridgehead atoms. The maximum Gasteiger partial charge on any atom is 0.0889 e. The van der Waals surface area contributed by atoms with Crippen molar-refractivity contribution in [3.63, 3.8) is 0 Å². The average Bonchev–Trinajstić information content (AvgIpc) is 3.43. The number of hydrogen-bond acceptors (Lipinski definition) is 1. The minimum atomic E-state index is 0.113. The molecule has 3 aliphatic rings. The highest BCUT2D eigenvalue weighted by molar-refractivity contribution is 5.93.